The molecule has 0 aromatic rings. The van der Waals surface area contributed by atoms with Crippen molar-refractivity contribution in [2.24, 2.45) is 22.7 Å². The maximum atomic E-state index is 11.9. The smallest absolute Gasteiger partial charge is 0.310 e. The molecule has 0 bridgehead atoms. The molecule has 152 valence electrons. The van der Waals surface area contributed by atoms with Crippen LogP contribution in [0.3, 0.4) is 0 Å². The number of carbonyl (C=O) groups excluding carboxylic acids is 1. The van der Waals surface area contributed by atoms with Crippen molar-refractivity contribution in [1.29, 1.82) is 0 Å². The first kappa shape index (κ1) is 23.4. The summed E-state index contributed by atoms with van der Waals surface area (Å²) in [5.41, 5.74) is 0. The van der Waals surface area contributed by atoms with Crippen molar-refractivity contribution in [2.75, 3.05) is 52.6 Å². The minimum atomic E-state index is -3.12. The number of carbonyl (C=O) groups is 1. The van der Waals surface area contributed by atoms with E-state index in [4.69, 9.17) is 9.73 Å². The maximum Gasteiger partial charge on any atom is 0.310 e. The lowest BCUT2D eigenvalue weighted by Gasteiger charge is -2.22. The fourth-order valence-electron chi connectivity index (χ4n) is 3.49. The SMILES string of the molecule is CCNC(=NCC1CCN(S(C)(=O)=O)C1)N1CC(C)C(C(=O)OC)C1.I. The summed E-state index contributed by atoms with van der Waals surface area (Å²) in [7, 11) is -1.70. The first-order valence-electron chi connectivity index (χ1n) is 8.82. The number of hydrogen-bond donors (Lipinski definition) is 1. The summed E-state index contributed by atoms with van der Waals surface area (Å²) in [5, 5.41) is 3.28. The molecule has 0 aromatic carbocycles. The number of likely N-dealkylation sites (tertiary alicyclic amines) is 1. The van der Waals surface area contributed by atoms with Crippen LogP contribution >= 0.6 is 24.0 Å². The van der Waals surface area contributed by atoms with E-state index >= 15 is 0 Å². The predicted octanol–water partition coefficient (Wildman–Crippen LogP) is 0.592. The van der Waals surface area contributed by atoms with Gasteiger partial charge in [0.15, 0.2) is 5.96 Å². The van der Waals surface area contributed by atoms with Crippen LogP contribution in [0.15, 0.2) is 4.99 Å². The van der Waals surface area contributed by atoms with Crippen LogP contribution < -0.4 is 5.32 Å². The van der Waals surface area contributed by atoms with Gasteiger partial charge < -0.3 is 15.0 Å². The maximum absolute atomic E-state index is 11.9. The highest BCUT2D eigenvalue weighted by Crippen LogP contribution is 2.24. The number of hydrogen-bond acceptors (Lipinski definition) is 5. The average Bonchev–Trinajstić information content (AvgIpc) is 3.17. The van der Waals surface area contributed by atoms with Gasteiger partial charge in [0.05, 0.1) is 19.3 Å². The monoisotopic (exact) mass is 502 g/mol. The van der Waals surface area contributed by atoms with E-state index in [1.165, 1.54) is 17.7 Å². The minimum Gasteiger partial charge on any atom is -0.469 e. The van der Waals surface area contributed by atoms with Crippen LogP contribution in [0.1, 0.15) is 20.3 Å². The molecule has 0 radical (unpaired) electrons. The van der Waals surface area contributed by atoms with Crippen LogP contribution in [0.25, 0.3) is 0 Å². The molecule has 2 fully saturated rings. The number of ether oxygens (including phenoxy) is 1. The first-order valence-corrected chi connectivity index (χ1v) is 10.7. The quantitative estimate of drug-likeness (QED) is 0.256. The molecule has 0 aromatic heterocycles. The van der Waals surface area contributed by atoms with Crippen molar-refractivity contribution in [2.45, 2.75) is 20.3 Å². The molecule has 0 amide bonds. The van der Waals surface area contributed by atoms with E-state index in [1.807, 2.05) is 13.8 Å². The highest BCUT2D eigenvalue weighted by molar-refractivity contribution is 14.0. The molecular weight excluding hydrogens is 471 g/mol. The van der Waals surface area contributed by atoms with Crippen LogP contribution in [-0.2, 0) is 19.6 Å². The first-order chi connectivity index (χ1) is 11.8. The van der Waals surface area contributed by atoms with Gasteiger partial charge >= 0.3 is 5.97 Å². The van der Waals surface area contributed by atoms with Gasteiger partial charge in [0.1, 0.15) is 0 Å². The number of nitrogens with zero attached hydrogens (tertiary/aromatic N) is 3. The second kappa shape index (κ2) is 10.1. The largest absolute Gasteiger partial charge is 0.469 e. The average molecular weight is 502 g/mol. The fraction of sp³-hybridized carbons (Fsp3) is 0.875. The Balaban J connectivity index is 0.00000338. The number of sulfonamides is 1. The predicted molar refractivity (Wildman–Crippen MR) is 112 cm³/mol. The molecule has 2 saturated heterocycles. The van der Waals surface area contributed by atoms with E-state index in [0.29, 0.717) is 26.2 Å². The molecule has 10 heteroatoms. The Hall–Kier alpha value is -0.620. The Labute approximate surface area is 173 Å². The second-order valence-electron chi connectivity index (χ2n) is 6.98. The lowest BCUT2D eigenvalue weighted by molar-refractivity contribution is -0.145. The van der Waals surface area contributed by atoms with Crippen molar-refractivity contribution in [1.82, 2.24) is 14.5 Å². The highest BCUT2D eigenvalue weighted by atomic mass is 127. The van der Waals surface area contributed by atoms with Crippen LogP contribution in [0.5, 0.6) is 0 Å². The zero-order valence-electron chi connectivity index (χ0n) is 16.0. The van der Waals surface area contributed by atoms with E-state index in [0.717, 1.165) is 25.5 Å². The topological polar surface area (TPSA) is 91.3 Å². The molecule has 2 heterocycles. The molecule has 3 unspecified atom stereocenters. The molecule has 2 aliphatic heterocycles. The summed E-state index contributed by atoms with van der Waals surface area (Å²) < 4.78 is 29.6. The Bertz CT molecular complexity index is 613. The molecule has 26 heavy (non-hydrogen) atoms. The standard InChI is InChI=1S/C16H30N4O4S.HI/c1-5-17-16(19-9-12(2)14(11-19)15(21)24-3)18-8-13-6-7-20(10-13)25(4,22)23;/h12-14H,5-11H2,1-4H3,(H,17,18);1H. The molecule has 0 aliphatic carbocycles. The van der Waals surface area contributed by atoms with Gasteiger partial charge in [0.25, 0.3) is 0 Å². The van der Waals surface area contributed by atoms with Crippen molar-refractivity contribution < 1.29 is 17.9 Å². The van der Waals surface area contributed by atoms with Crippen LogP contribution in [0.2, 0.25) is 0 Å². The number of rotatable bonds is 5. The van der Waals surface area contributed by atoms with Crippen LogP contribution in [0.4, 0.5) is 0 Å². The molecule has 0 spiro atoms. The molecule has 1 N–H and O–H groups in total. The number of methoxy groups -OCH3 is 1. The summed E-state index contributed by atoms with van der Waals surface area (Å²) >= 11 is 0. The van der Waals surface area contributed by atoms with Gasteiger partial charge in [-0.2, -0.15) is 0 Å². The summed E-state index contributed by atoms with van der Waals surface area (Å²) in [6.45, 7) is 7.84. The van der Waals surface area contributed by atoms with E-state index in [1.54, 1.807) is 0 Å². The molecular formula is C16H31IN4O4S. The van der Waals surface area contributed by atoms with E-state index in [9.17, 15) is 13.2 Å². The summed E-state index contributed by atoms with van der Waals surface area (Å²) in [4.78, 5) is 18.7. The minimum absolute atomic E-state index is 0. The normalized spacial score (nSPS) is 27.3. The third-order valence-electron chi connectivity index (χ3n) is 4.97. The van der Waals surface area contributed by atoms with Crippen molar-refractivity contribution in [3.05, 3.63) is 0 Å². The van der Waals surface area contributed by atoms with Gasteiger partial charge in [-0.1, -0.05) is 6.92 Å². The number of aliphatic imine (C=N–C) groups is 1. The fourth-order valence-corrected chi connectivity index (χ4v) is 4.41. The lowest BCUT2D eigenvalue weighted by Crippen LogP contribution is -2.41. The van der Waals surface area contributed by atoms with E-state index in [-0.39, 0.29) is 47.7 Å². The van der Waals surface area contributed by atoms with Gasteiger partial charge in [-0.05, 0) is 25.2 Å². The van der Waals surface area contributed by atoms with Gasteiger partial charge in [0, 0.05) is 39.3 Å². The van der Waals surface area contributed by atoms with Gasteiger partial charge in [0.2, 0.25) is 10.0 Å². The van der Waals surface area contributed by atoms with E-state index < -0.39 is 10.0 Å². The van der Waals surface area contributed by atoms with Crippen LogP contribution in [-0.4, -0.2) is 82.2 Å². The van der Waals surface area contributed by atoms with Crippen molar-refractivity contribution >= 4 is 45.9 Å². The summed E-state index contributed by atoms with van der Waals surface area (Å²) in [5.74, 6) is 0.924. The molecule has 0 saturated carbocycles. The molecule has 2 aliphatic rings. The number of esters is 1. The molecule has 3 atom stereocenters. The Morgan fingerprint density at radius 3 is 2.54 bits per heavy atom. The molecule has 2 rings (SSSR count). The lowest BCUT2D eigenvalue weighted by atomic mass is 9.99. The van der Waals surface area contributed by atoms with Crippen molar-refractivity contribution in [3.63, 3.8) is 0 Å². The zero-order chi connectivity index (χ0) is 18.6. The highest BCUT2D eigenvalue weighted by Gasteiger charge is 2.37. The van der Waals surface area contributed by atoms with Gasteiger partial charge in [-0.25, -0.2) is 12.7 Å². The van der Waals surface area contributed by atoms with E-state index in [2.05, 4.69) is 10.2 Å². The number of halogens is 1. The number of nitrogens with one attached hydrogen (secondary N) is 1. The summed E-state index contributed by atoms with van der Waals surface area (Å²) in [6.07, 6.45) is 2.08. The van der Waals surface area contributed by atoms with Gasteiger partial charge in [-0.15, -0.1) is 24.0 Å². The Morgan fingerprint density at radius 1 is 1.31 bits per heavy atom. The number of guanidine groups is 1. The third kappa shape index (κ3) is 5.95. The zero-order valence-corrected chi connectivity index (χ0v) is 19.1. The van der Waals surface area contributed by atoms with Crippen LogP contribution in [0, 0.1) is 17.8 Å². The van der Waals surface area contributed by atoms with Gasteiger partial charge in [-0.3, -0.25) is 9.79 Å². The molecule has 8 nitrogen and oxygen atoms in total. The second-order valence-corrected chi connectivity index (χ2v) is 8.96. The third-order valence-corrected chi connectivity index (χ3v) is 6.24. The van der Waals surface area contributed by atoms with Crippen molar-refractivity contribution in [3.8, 4) is 0 Å². The Morgan fingerprint density at radius 2 is 2.00 bits per heavy atom. The summed E-state index contributed by atoms with van der Waals surface area (Å²) in [6, 6.07) is 0. The Kier molecular flexibility index (Phi) is 9.07.